The summed E-state index contributed by atoms with van der Waals surface area (Å²) in [6.07, 6.45) is 4.86. The maximum Gasteiger partial charge on any atom is 0.144 e. The van der Waals surface area contributed by atoms with Crippen molar-refractivity contribution in [3.05, 3.63) is 55.1 Å². The largest absolute Gasteiger partial charge is 0.490 e. The summed E-state index contributed by atoms with van der Waals surface area (Å²) in [6.45, 7) is 4.92. The molecule has 2 aromatic carbocycles. The average Bonchev–Trinajstić information content (AvgIpc) is 3.40. The SMILES string of the molecule is CNc1cc2c(Nc3cccc(-n4nccn4)c3)ncnc2cc1OCCN1CCOCC1. The first kappa shape index (κ1) is 21.1. The second kappa shape index (κ2) is 9.80. The molecule has 33 heavy (non-hydrogen) atoms. The fraction of sp³-hybridized carbons (Fsp3) is 0.304. The van der Waals surface area contributed by atoms with Gasteiger partial charge in [0.1, 0.15) is 24.5 Å². The van der Waals surface area contributed by atoms with Crippen LogP contribution in [0.2, 0.25) is 0 Å². The van der Waals surface area contributed by atoms with Crippen LogP contribution in [0.5, 0.6) is 5.75 Å². The quantitative estimate of drug-likeness (QED) is 0.423. The lowest BCUT2D eigenvalue weighted by Crippen LogP contribution is -2.38. The van der Waals surface area contributed by atoms with Gasteiger partial charge in [0, 0.05) is 43.8 Å². The molecule has 10 heteroatoms. The first-order valence-electron chi connectivity index (χ1n) is 10.9. The maximum absolute atomic E-state index is 6.11. The van der Waals surface area contributed by atoms with Gasteiger partial charge >= 0.3 is 0 Å². The number of nitrogens with zero attached hydrogens (tertiary/aromatic N) is 6. The zero-order chi connectivity index (χ0) is 22.5. The standard InChI is InChI=1S/C23H26N8O2/c1-24-21-14-19-20(15-22(21)33-12-9-30-7-10-32-11-8-30)25-16-26-23(19)29-17-3-2-4-18(13-17)31-27-5-6-28-31/h2-6,13-16,24H,7-12H2,1H3,(H,25,26,29). The summed E-state index contributed by atoms with van der Waals surface area (Å²) in [5.41, 5.74) is 3.42. The van der Waals surface area contributed by atoms with E-state index < -0.39 is 0 Å². The molecule has 0 spiro atoms. The molecule has 0 radical (unpaired) electrons. The Morgan fingerprint density at radius 2 is 1.91 bits per heavy atom. The average molecular weight is 447 g/mol. The highest BCUT2D eigenvalue weighted by atomic mass is 16.5. The summed E-state index contributed by atoms with van der Waals surface area (Å²) in [5.74, 6) is 1.48. The van der Waals surface area contributed by atoms with E-state index in [4.69, 9.17) is 9.47 Å². The second-order valence-electron chi connectivity index (χ2n) is 7.63. The van der Waals surface area contributed by atoms with E-state index in [1.807, 2.05) is 43.4 Å². The molecule has 4 aromatic rings. The van der Waals surface area contributed by atoms with Gasteiger partial charge in [-0.3, -0.25) is 4.90 Å². The highest BCUT2D eigenvalue weighted by Gasteiger charge is 2.13. The smallest absolute Gasteiger partial charge is 0.144 e. The van der Waals surface area contributed by atoms with Gasteiger partial charge in [-0.05, 0) is 24.3 Å². The van der Waals surface area contributed by atoms with Gasteiger partial charge in [-0.1, -0.05) is 6.07 Å². The fourth-order valence-corrected chi connectivity index (χ4v) is 3.80. The first-order valence-corrected chi connectivity index (χ1v) is 10.9. The van der Waals surface area contributed by atoms with Gasteiger partial charge < -0.3 is 20.1 Å². The third-order valence-corrected chi connectivity index (χ3v) is 5.53. The molecule has 1 aliphatic heterocycles. The predicted octanol–water partition coefficient (Wildman–Crippen LogP) is 2.71. The van der Waals surface area contributed by atoms with Crippen molar-refractivity contribution in [3.63, 3.8) is 0 Å². The highest BCUT2D eigenvalue weighted by molar-refractivity contribution is 5.94. The number of ether oxygens (including phenoxy) is 2. The molecule has 10 nitrogen and oxygen atoms in total. The minimum Gasteiger partial charge on any atom is -0.490 e. The van der Waals surface area contributed by atoms with Gasteiger partial charge in [0.15, 0.2) is 0 Å². The molecule has 2 N–H and O–H groups in total. The number of anilines is 3. The Balaban J connectivity index is 1.36. The molecule has 1 saturated heterocycles. The van der Waals surface area contributed by atoms with Crippen molar-refractivity contribution in [1.29, 1.82) is 0 Å². The molecule has 0 amide bonds. The zero-order valence-corrected chi connectivity index (χ0v) is 18.4. The lowest BCUT2D eigenvalue weighted by atomic mass is 10.2. The van der Waals surface area contributed by atoms with E-state index in [0.717, 1.165) is 66.6 Å². The van der Waals surface area contributed by atoms with Crippen LogP contribution >= 0.6 is 0 Å². The van der Waals surface area contributed by atoms with Crippen LogP contribution in [0.4, 0.5) is 17.2 Å². The third-order valence-electron chi connectivity index (χ3n) is 5.53. The first-order chi connectivity index (χ1) is 16.3. The van der Waals surface area contributed by atoms with Crippen molar-refractivity contribution in [2.45, 2.75) is 0 Å². The van der Waals surface area contributed by atoms with E-state index in [0.29, 0.717) is 12.4 Å². The number of aromatic nitrogens is 5. The zero-order valence-electron chi connectivity index (χ0n) is 18.4. The van der Waals surface area contributed by atoms with Crippen LogP contribution in [0.3, 0.4) is 0 Å². The maximum atomic E-state index is 6.11. The molecule has 0 saturated carbocycles. The predicted molar refractivity (Wildman–Crippen MR) is 126 cm³/mol. The van der Waals surface area contributed by atoms with Crippen LogP contribution in [-0.2, 0) is 4.74 Å². The number of morpholine rings is 1. The summed E-state index contributed by atoms with van der Waals surface area (Å²) in [6, 6.07) is 11.8. The molecule has 170 valence electrons. The van der Waals surface area contributed by atoms with Gasteiger partial charge in [-0.25, -0.2) is 9.97 Å². The number of hydrogen-bond acceptors (Lipinski definition) is 9. The van der Waals surface area contributed by atoms with Crippen LogP contribution < -0.4 is 15.4 Å². The number of fused-ring (bicyclic) bond motifs is 1. The molecule has 0 bridgehead atoms. The Bertz CT molecular complexity index is 1210. The van der Waals surface area contributed by atoms with Crippen molar-refractivity contribution in [3.8, 4) is 11.4 Å². The molecule has 0 aliphatic carbocycles. The molecule has 0 atom stereocenters. The molecule has 5 rings (SSSR count). The van der Waals surface area contributed by atoms with Crippen molar-refractivity contribution < 1.29 is 9.47 Å². The number of hydrogen-bond donors (Lipinski definition) is 2. The van der Waals surface area contributed by atoms with Crippen molar-refractivity contribution in [2.75, 3.05) is 57.1 Å². The van der Waals surface area contributed by atoms with Gasteiger partial charge in [0.25, 0.3) is 0 Å². The fourth-order valence-electron chi connectivity index (χ4n) is 3.80. The number of nitrogens with one attached hydrogen (secondary N) is 2. The van der Waals surface area contributed by atoms with Crippen molar-refractivity contribution in [2.24, 2.45) is 0 Å². The second-order valence-corrected chi connectivity index (χ2v) is 7.63. The minimum absolute atomic E-state index is 0.602. The van der Waals surface area contributed by atoms with Gasteiger partial charge in [0.05, 0.1) is 42.5 Å². The summed E-state index contributed by atoms with van der Waals surface area (Å²) in [7, 11) is 1.88. The molecule has 1 fully saturated rings. The summed E-state index contributed by atoms with van der Waals surface area (Å²) >= 11 is 0. The van der Waals surface area contributed by atoms with Gasteiger partial charge in [0.2, 0.25) is 0 Å². The van der Waals surface area contributed by atoms with Crippen LogP contribution in [0.1, 0.15) is 0 Å². The lowest BCUT2D eigenvalue weighted by Gasteiger charge is -2.26. The Morgan fingerprint density at radius 3 is 2.73 bits per heavy atom. The van der Waals surface area contributed by atoms with Crippen molar-refractivity contribution >= 4 is 28.1 Å². The van der Waals surface area contributed by atoms with Crippen LogP contribution in [-0.4, -0.2) is 76.4 Å². The molecule has 2 aromatic heterocycles. The molecular formula is C23H26N8O2. The van der Waals surface area contributed by atoms with E-state index >= 15 is 0 Å². The molecule has 3 heterocycles. The van der Waals surface area contributed by atoms with E-state index in [1.165, 1.54) is 0 Å². The third kappa shape index (κ3) is 4.86. The number of rotatable bonds is 8. The van der Waals surface area contributed by atoms with Crippen molar-refractivity contribution in [1.82, 2.24) is 29.9 Å². The monoisotopic (exact) mass is 446 g/mol. The van der Waals surface area contributed by atoms with E-state index in [2.05, 4.69) is 35.7 Å². The normalized spacial score (nSPS) is 14.3. The molecular weight excluding hydrogens is 420 g/mol. The van der Waals surface area contributed by atoms with Crippen LogP contribution in [0, 0.1) is 0 Å². The minimum atomic E-state index is 0.602. The van der Waals surface area contributed by atoms with Gasteiger partial charge in [-0.2, -0.15) is 15.0 Å². The molecule has 0 unspecified atom stereocenters. The lowest BCUT2D eigenvalue weighted by molar-refractivity contribution is 0.0323. The summed E-state index contributed by atoms with van der Waals surface area (Å²) in [5, 5.41) is 15.9. The highest BCUT2D eigenvalue weighted by Crippen LogP contribution is 2.33. The molecule has 1 aliphatic rings. The van der Waals surface area contributed by atoms with Crippen LogP contribution in [0.25, 0.3) is 16.6 Å². The van der Waals surface area contributed by atoms with Crippen LogP contribution in [0.15, 0.2) is 55.1 Å². The summed E-state index contributed by atoms with van der Waals surface area (Å²) < 4.78 is 11.5. The van der Waals surface area contributed by atoms with E-state index in [-0.39, 0.29) is 0 Å². The van der Waals surface area contributed by atoms with E-state index in [9.17, 15) is 0 Å². The summed E-state index contributed by atoms with van der Waals surface area (Å²) in [4.78, 5) is 12.9. The Labute approximate surface area is 191 Å². The Hall–Kier alpha value is -3.76. The number of benzene rings is 2. The topological polar surface area (TPSA) is 102 Å². The van der Waals surface area contributed by atoms with E-state index in [1.54, 1.807) is 23.5 Å². The Kier molecular flexibility index (Phi) is 6.27. The Morgan fingerprint density at radius 1 is 1.06 bits per heavy atom. The van der Waals surface area contributed by atoms with Gasteiger partial charge in [-0.15, -0.1) is 0 Å².